The zero-order valence-electron chi connectivity index (χ0n) is 8.71. The van der Waals surface area contributed by atoms with E-state index in [-0.39, 0.29) is 5.97 Å². The molecule has 0 aromatic carbocycles. The summed E-state index contributed by atoms with van der Waals surface area (Å²) >= 11 is 0. The molecule has 14 heavy (non-hydrogen) atoms. The van der Waals surface area contributed by atoms with Gasteiger partial charge >= 0.3 is 5.97 Å². The molecule has 0 bridgehead atoms. The van der Waals surface area contributed by atoms with Gasteiger partial charge in [0.2, 0.25) is 0 Å². The quantitative estimate of drug-likeness (QED) is 0.508. The summed E-state index contributed by atoms with van der Waals surface area (Å²) in [6, 6.07) is 0. The van der Waals surface area contributed by atoms with E-state index in [1.807, 2.05) is 0 Å². The number of ether oxygens (including phenoxy) is 1. The van der Waals surface area contributed by atoms with Crippen molar-refractivity contribution in [2.45, 2.75) is 39.0 Å². The van der Waals surface area contributed by atoms with E-state index in [0.717, 1.165) is 12.8 Å². The Morgan fingerprint density at radius 2 is 2.07 bits per heavy atom. The van der Waals surface area contributed by atoms with Gasteiger partial charge in [-0.1, -0.05) is 18.8 Å². The van der Waals surface area contributed by atoms with Gasteiger partial charge in [-0.3, -0.25) is 4.79 Å². The van der Waals surface area contributed by atoms with E-state index >= 15 is 0 Å². The lowest BCUT2D eigenvalue weighted by Crippen LogP contribution is -2.24. The van der Waals surface area contributed by atoms with Gasteiger partial charge in [0, 0.05) is 13.3 Å². The van der Waals surface area contributed by atoms with Crippen molar-refractivity contribution in [3.8, 4) is 5.92 Å². The molecule has 0 aromatic rings. The molecule has 2 atom stereocenters. The van der Waals surface area contributed by atoms with Crippen molar-refractivity contribution in [2.75, 3.05) is 6.61 Å². The number of hydrogen-bond donors (Lipinski definition) is 0. The predicted molar refractivity (Wildman–Crippen MR) is 53.8 cm³/mol. The second kappa shape index (κ2) is 5.70. The highest BCUT2D eigenvalue weighted by atomic mass is 16.5. The Hall–Kier alpha value is -0.970. The molecule has 0 spiro atoms. The van der Waals surface area contributed by atoms with Crippen LogP contribution in [0.15, 0.2) is 0 Å². The van der Waals surface area contributed by atoms with Crippen LogP contribution >= 0.6 is 0 Å². The van der Waals surface area contributed by atoms with Crippen molar-refractivity contribution < 1.29 is 9.53 Å². The van der Waals surface area contributed by atoms with Gasteiger partial charge in [0.15, 0.2) is 0 Å². The molecular weight excluding hydrogens is 176 g/mol. The number of hydrogen-bond acceptors (Lipinski definition) is 2. The lowest BCUT2D eigenvalue weighted by Gasteiger charge is -2.29. The largest absolute Gasteiger partial charge is 0.466 e. The highest BCUT2D eigenvalue weighted by Gasteiger charge is 2.25. The van der Waals surface area contributed by atoms with E-state index < -0.39 is 0 Å². The topological polar surface area (TPSA) is 26.3 Å². The Kier molecular flexibility index (Phi) is 4.52. The molecule has 77 valence electrons. The summed E-state index contributed by atoms with van der Waals surface area (Å²) in [4.78, 5) is 10.7. The minimum atomic E-state index is -0.201. The molecule has 1 rings (SSSR count). The molecule has 1 aliphatic rings. The normalized spacial score (nSPS) is 26.6. The Morgan fingerprint density at radius 1 is 1.43 bits per heavy atom. The Balaban J connectivity index is 2.38. The predicted octanol–water partition coefficient (Wildman–Crippen LogP) is 2.34. The number of esters is 1. The van der Waals surface area contributed by atoms with Crippen molar-refractivity contribution in [2.24, 2.45) is 11.8 Å². The van der Waals surface area contributed by atoms with Crippen LogP contribution in [-0.4, -0.2) is 12.6 Å². The Bertz CT molecular complexity index is 227. The second-order valence-electron chi connectivity index (χ2n) is 3.99. The van der Waals surface area contributed by atoms with Gasteiger partial charge in [0.25, 0.3) is 0 Å². The van der Waals surface area contributed by atoms with E-state index in [9.17, 15) is 4.79 Å². The third-order valence-corrected chi connectivity index (χ3v) is 2.93. The lowest BCUT2D eigenvalue weighted by atomic mass is 9.78. The minimum Gasteiger partial charge on any atom is -0.466 e. The SMILES string of the molecule is [C]#CCC1CCCCC1COC(C)=O. The minimum absolute atomic E-state index is 0.201. The number of rotatable bonds is 3. The van der Waals surface area contributed by atoms with Gasteiger partial charge in [-0.25, -0.2) is 0 Å². The van der Waals surface area contributed by atoms with E-state index in [2.05, 4.69) is 5.92 Å². The Morgan fingerprint density at radius 3 is 2.64 bits per heavy atom. The maximum atomic E-state index is 10.7. The fraction of sp³-hybridized carbons (Fsp3) is 0.750. The molecule has 0 heterocycles. The Labute approximate surface area is 86.0 Å². The van der Waals surface area contributed by atoms with Gasteiger partial charge in [0.05, 0.1) is 6.61 Å². The molecule has 1 saturated carbocycles. The van der Waals surface area contributed by atoms with Crippen LogP contribution in [0.25, 0.3) is 0 Å². The average molecular weight is 193 g/mol. The summed E-state index contributed by atoms with van der Waals surface area (Å²) in [7, 11) is 0. The highest BCUT2D eigenvalue weighted by Crippen LogP contribution is 2.32. The molecule has 0 aliphatic heterocycles. The van der Waals surface area contributed by atoms with Gasteiger partial charge in [-0.15, -0.1) is 0 Å². The van der Waals surface area contributed by atoms with Crippen LogP contribution < -0.4 is 0 Å². The third-order valence-electron chi connectivity index (χ3n) is 2.93. The smallest absolute Gasteiger partial charge is 0.302 e. The van der Waals surface area contributed by atoms with Gasteiger partial charge in [-0.05, 0) is 31.1 Å². The van der Waals surface area contributed by atoms with Crippen molar-refractivity contribution in [3.05, 3.63) is 6.42 Å². The van der Waals surface area contributed by atoms with Crippen LogP contribution in [0, 0.1) is 24.2 Å². The first-order valence-corrected chi connectivity index (χ1v) is 5.27. The summed E-state index contributed by atoms with van der Waals surface area (Å²) < 4.78 is 5.03. The summed E-state index contributed by atoms with van der Waals surface area (Å²) in [6.07, 6.45) is 12.4. The maximum Gasteiger partial charge on any atom is 0.302 e. The highest BCUT2D eigenvalue weighted by molar-refractivity contribution is 5.65. The zero-order valence-corrected chi connectivity index (χ0v) is 8.71. The average Bonchev–Trinajstić information content (AvgIpc) is 2.17. The molecular formula is C12H17O2. The van der Waals surface area contributed by atoms with Crippen LogP contribution in [0.2, 0.25) is 0 Å². The van der Waals surface area contributed by atoms with Gasteiger partial charge in [0.1, 0.15) is 0 Å². The number of carbonyl (C=O) groups excluding carboxylic acids is 1. The molecule has 1 fully saturated rings. The van der Waals surface area contributed by atoms with Crippen molar-refractivity contribution in [1.82, 2.24) is 0 Å². The molecule has 1 radical (unpaired) electrons. The third kappa shape index (κ3) is 3.41. The fourth-order valence-corrected chi connectivity index (χ4v) is 2.13. The van der Waals surface area contributed by atoms with Gasteiger partial charge in [-0.2, -0.15) is 0 Å². The van der Waals surface area contributed by atoms with Crippen molar-refractivity contribution in [3.63, 3.8) is 0 Å². The molecule has 2 nitrogen and oxygen atoms in total. The summed E-state index contributed by atoms with van der Waals surface area (Å²) in [5, 5.41) is 0. The first-order valence-electron chi connectivity index (χ1n) is 5.27. The molecule has 0 N–H and O–H groups in total. The van der Waals surface area contributed by atoms with Crippen molar-refractivity contribution in [1.29, 1.82) is 0 Å². The lowest BCUT2D eigenvalue weighted by molar-refractivity contribution is -0.143. The molecule has 0 amide bonds. The molecule has 2 heteroatoms. The first kappa shape index (κ1) is 11.1. The second-order valence-corrected chi connectivity index (χ2v) is 3.99. The van der Waals surface area contributed by atoms with E-state index in [4.69, 9.17) is 11.2 Å². The molecule has 0 aromatic heterocycles. The first-order chi connectivity index (χ1) is 6.74. The summed E-state index contributed by atoms with van der Waals surface area (Å²) in [5.74, 6) is 3.21. The number of carbonyl (C=O) groups is 1. The van der Waals surface area contributed by atoms with Crippen LogP contribution in [0.4, 0.5) is 0 Å². The maximum absolute atomic E-state index is 10.7. The van der Waals surface area contributed by atoms with E-state index in [1.165, 1.54) is 19.8 Å². The van der Waals surface area contributed by atoms with Crippen LogP contribution in [-0.2, 0) is 9.53 Å². The summed E-state index contributed by atoms with van der Waals surface area (Å²) in [6.45, 7) is 1.97. The standard InChI is InChI=1S/C12H17O2/c1-3-6-11-7-4-5-8-12(11)9-14-10(2)13/h11-12H,4-9H2,2H3. The molecule has 0 saturated heterocycles. The van der Waals surface area contributed by atoms with Crippen LogP contribution in [0.5, 0.6) is 0 Å². The van der Waals surface area contributed by atoms with Crippen LogP contribution in [0.1, 0.15) is 39.0 Å². The van der Waals surface area contributed by atoms with Crippen molar-refractivity contribution >= 4 is 5.97 Å². The molecule has 1 aliphatic carbocycles. The fourth-order valence-electron chi connectivity index (χ4n) is 2.13. The monoisotopic (exact) mass is 193 g/mol. The summed E-state index contributed by atoms with van der Waals surface area (Å²) in [5.41, 5.74) is 0. The molecule has 2 unspecified atom stereocenters. The van der Waals surface area contributed by atoms with Gasteiger partial charge < -0.3 is 4.74 Å². The van der Waals surface area contributed by atoms with E-state index in [0.29, 0.717) is 24.9 Å². The zero-order chi connectivity index (χ0) is 10.4. The van der Waals surface area contributed by atoms with E-state index in [1.54, 1.807) is 0 Å². The van der Waals surface area contributed by atoms with Crippen LogP contribution in [0.3, 0.4) is 0 Å².